The molecule has 8 heteroatoms. The van der Waals surface area contributed by atoms with Gasteiger partial charge in [-0.15, -0.1) is 0 Å². The first kappa shape index (κ1) is 17.1. The van der Waals surface area contributed by atoms with Gasteiger partial charge in [-0.1, -0.05) is 0 Å². The van der Waals surface area contributed by atoms with Gasteiger partial charge >= 0.3 is 45.9 Å². The van der Waals surface area contributed by atoms with Crippen molar-refractivity contribution in [2.75, 3.05) is 0 Å². The first-order valence-electron chi connectivity index (χ1n) is 1.59. The monoisotopic (exact) mass is 222 g/mol. The molecule has 0 aromatic rings. The molecule has 10 heavy (non-hydrogen) atoms. The van der Waals surface area contributed by atoms with Gasteiger partial charge < -0.3 is 5.61 Å². The molecule has 0 saturated carbocycles. The van der Waals surface area contributed by atoms with Crippen molar-refractivity contribution in [3.8, 4) is 0 Å². The quantitative estimate of drug-likeness (QED) is 0.368. The molecule has 0 aromatic heterocycles. The summed E-state index contributed by atoms with van der Waals surface area (Å²) in [5.74, 6) is -1.06. The van der Waals surface area contributed by atoms with Gasteiger partial charge in [-0.3, -0.25) is 9.35 Å². The molecule has 0 bridgehead atoms. The maximum atomic E-state index is 9.70. The van der Waals surface area contributed by atoms with Crippen LogP contribution >= 0.6 is 0 Å². The third kappa shape index (κ3) is 15.9. The smallest absolute Gasteiger partial charge is 1.00 e. The van der Waals surface area contributed by atoms with E-state index in [1.165, 1.54) is 0 Å². The van der Waals surface area contributed by atoms with Crippen LogP contribution in [0.1, 0.15) is 8.35 Å². The van der Waals surface area contributed by atoms with Crippen molar-refractivity contribution in [2.45, 2.75) is 6.92 Å². The van der Waals surface area contributed by atoms with E-state index in [2.05, 4.69) is 4.18 Å². The first-order chi connectivity index (χ1) is 3.42. The van der Waals surface area contributed by atoms with Crippen LogP contribution < -0.4 is 29.6 Å². The Kier molecular flexibility index (Phi) is 11.2. The summed E-state index contributed by atoms with van der Waals surface area (Å²) in [6, 6.07) is 0. The van der Waals surface area contributed by atoms with E-state index in [9.17, 15) is 13.2 Å². The summed E-state index contributed by atoms with van der Waals surface area (Å²) in [5, 5.41) is 0. The summed E-state index contributed by atoms with van der Waals surface area (Å²) in [5.41, 5.74) is 0. The van der Waals surface area contributed by atoms with Crippen LogP contribution in [-0.4, -0.2) is 18.9 Å². The van der Waals surface area contributed by atoms with Crippen LogP contribution in [0, 0.1) is 0 Å². The number of hydrogen-bond acceptors (Lipinski definition) is 4. The van der Waals surface area contributed by atoms with Crippen molar-refractivity contribution in [3.63, 3.8) is 0 Å². The molecule has 0 saturated heterocycles. The van der Waals surface area contributed by atoms with Gasteiger partial charge in [0.2, 0.25) is 0 Å². The van der Waals surface area contributed by atoms with Crippen LogP contribution in [0.3, 0.4) is 0 Å². The number of rotatable bonds is 1. The average molecular weight is 223 g/mol. The van der Waals surface area contributed by atoms with Gasteiger partial charge in [0.25, 0.3) is 0 Å². The third-order valence-corrected chi connectivity index (χ3v) is 0.668. The number of carbonyl (C=O) groups is 1. The summed E-state index contributed by atoms with van der Waals surface area (Å²) in [4.78, 5) is 9.70. The second-order valence-corrected chi connectivity index (χ2v) is 2.02. The van der Waals surface area contributed by atoms with Gasteiger partial charge in [0.05, 0.1) is 0 Å². The Balaban J connectivity index is -0.0000000817. The first-order valence-corrected chi connectivity index (χ1v) is 2.96. The predicted molar refractivity (Wildman–Crippen MR) is 24.4 cm³/mol. The summed E-state index contributed by atoms with van der Waals surface area (Å²) < 4.78 is 30.2. The van der Waals surface area contributed by atoms with Crippen molar-refractivity contribution in [1.29, 1.82) is 0 Å². The van der Waals surface area contributed by atoms with E-state index in [-0.39, 0.29) is 47.5 Å². The molecular weight excluding hydrogens is 218 g/mol. The van der Waals surface area contributed by atoms with Gasteiger partial charge in [0, 0.05) is 23.4 Å². The van der Waals surface area contributed by atoms with Gasteiger partial charge in [0.15, 0.2) is 0 Å². The minimum Gasteiger partial charge on any atom is -1.00 e. The Hall–Kier alpha value is 0.874. The van der Waals surface area contributed by atoms with E-state index < -0.39 is 16.4 Å². The Morgan fingerprint density at radius 2 is 1.90 bits per heavy atom. The Labute approximate surface area is 92.2 Å². The Morgan fingerprint density at radius 3 is 1.90 bits per heavy atom. The average Bonchev–Trinajstić information content (AvgIpc) is 1.21. The third-order valence-electron chi connectivity index (χ3n) is 0.223. The van der Waals surface area contributed by atoms with Gasteiger partial charge in [-0.25, -0.2) is 0 Å². The molecule has 60 valence electrons. The van der Waals surface area contributed by atoms with E-state index in [0.717, 1.165) is 6.92 Å². The zero-order chi connectivity index (χ0) is 6.78. The molecule has 0 spiro atoms. The molecule has 0 rings (SSSR count). The fourth-order valence-corrected chi connectivity index (χ4v) is 0.445. The molecule has 0 heterocycles. The fourth-order valence-electron chi connectivity index (χ4n) is 0.148. The van der Waals surface area contributed by atoms with Crippen LogP contribution in [0.25, 0.3) is 0 Å². The molecule has 0 aromatic carbocycles. The van der Waals surface area contributed by atoms with Crippen molar-refractivity contribution < 1.29 is 69.4 Å². The SMILES string of the molecule is CC(=O)OS(=O)(=O)O.[H-].[Na+].[Ni]. The molecule has 0 aliphatic carbocycles. The van der Waals surface area contributed by atoms with Crippen LogP contribution in [-0.2, 0) is 35.9 Å². The van der Waals surface area contributed by atoms with Crippen LogP contribution in [0.2, 0.25) is 0 Å². The molecule has 0 fully saturated rings. The largest absolute Gasteiger partial charge is 1.00 e. The second-order valence-electron chi connectivity index (χ2n) is 1.00. The maximum absolute atomic E-state index is 9.70. The van der Waals surface area contributed by atoms with E-state index in [4.69, 9.17) is 4.55 Å². The van der Waals surface area contributed by atoms with Crippen molar-refractivity contribution in [2.24, 2.45) is 0 Å². The standard InChI is InChI=1S/C2H4O5S.Na.Ni.H/c1-2(3)7-8(4,5)6;;;/h1H3,(H,4,5,6);;;/q;+1;;-1. The van der Waals surface area contributed by atoms with Crippen LogP contribution in [0.4, 0.5) is 0 Å². The summed E-state index contributed by atoms with van der Waals surface area (Å²) in [7, 11) is -4.57. The molecule has 0 atom stereocenters. The van der Waals surface area contributed by atoms with Crippen molar-refractivity contribution >= 4 is 16.4 Å². The van der Waals surface area contributed by atoms with Gasteiger partial charge in [-0.05, 0) is 0 Å². The fraction of sp³-hybridized carbons (Fsp3) is 0.500. The van der Waals surface area contributed by atoms with Gasteiger partial charge in [-0.2, -0.15) is 8.42 Å². The topological polar surface area (TPSA) is 80.7 Å². The molecule has 0 aliphatic rings. The normalized spacial score (nSPS) is 8.60. The van der Waals surface area contributed by atoms with Crippen LogP contribution in [0.5, 0.6) is 0 Å². The van der Waals surface area contributed by atoms with Crippen LogP contribution in [0.15, 0.2) is 0 Å². The minimum atomic E-state index is -4.57. The van der Waals surface area contributed by atoms with E-state index in [1.807, 2.05) is 0 Å². The summed E-state index contributed by atoms with van der Waals surface area (Å²) >= 11 is 0. The number of carbonyl (C=O) groups excluding carboxylic acids is 1. The minimum absolute atomic E-state index is 0. The molecule has 0 amide bonds. The molecule has 0 unspecified atom stereocenters. The predicted octanol–water partition coefficient (Wildman–Crippen LogP) is -3.53. The second kappa shape index (κ2) is 6.58. The van der Waals surface area contributed by atoms with E-state index >= 15 is 0 Å². The molecule has 5 nitrogen and oxygen atoms in total. The molecule has 1 N–H and O–H groups in total. The molecule has 0 radical (unpaired) electrons. The Bertz CT molecular complexity index is 191. The maximum Gasteiger partial charge on any atom is 1.00 e. The Morgan fingerprint density at radius 1 is 1.60 bits per heavy atom. The van der Waals surface area contributed by atoms with E-state index in [0.29, 0.717) is 0 Å². The zero-order valence-corrected chi connectivity index (χ0v) is 9.11. The molecular formula is C2H5NaNiO5S. The van der Waals surface area contributed by atoms with Crippen molar-refractivity contribution in [3.05, 3.63) is 0 Å². The van der Waals surface area contributed by atoms with Crippen molar-refractivity contribution in [1.82, 2.24) is 0 Å². The molecule has 0 aliphatic heterocycles. The summed E-state index contributed by atoms with van der Waals surface area (Å²) in [6.07, 6.45) is 0. The zero-order valence-electron chi connectivity index (χ0n) is 6.30. The van der Waals surface area contributed by atoms with E-state index in [1.54, 1.807) is 0 Å². The van der Waals surface area contributed by atoms with Gasteiger partial charge in [0.1, 0.15) is 0 Å². The number of hydrogen-bond donors (Lipinski definition) is 1. The summed E-state index contributed by atoms with van der Waals surface area (Å²) in [6.45, 7) is 0.869.